The van der Waals surface area contributed by atoms with Gasteiger partial charge in [0.15, 0.2) is 5.58 Å². The Morgan fingerprint density at radius 2 is 2.33 bits per heavy atom. The van der Waals surface area contributed by atoms with Crippen LogP contribution in [0.3, 0.4) is 0 Å². The minimum Gasteiger partial charge on any atom is -0.478 e. The number of nitro benzene ring substituents is 1. The van der Waals surface area contributed by atoms with Crippen molar-refractivity contribution in [2.24, 2.45) is 0 Å². The Morgan fingerprint density at radius 1 is 1.67 bits per heavy atom. The molecule has 2 aromatic rings. The summed E-state index contributed by atoms with van der Waals surface area (Å²) in [5.74, 6) is -1.29. The number of nitrogens with zero attached hydrogens (tertiary/aromatic N) is 1. The van der Waals surface area contributed by atoms with Gasteiger partial charge in [-0.25, -0.2) is 4.79 Å². The number of aromatic carboxylic acids is 1. The fraction of sp³-hybridized carbons (Fsp3) is 0. The molecule has 0 bridgehead atoms. The molecule has 0 saturated heterocycles. The first-order chi connectivity index (χ1) is 7.02. The number of rotatable bonds is 2. The van der Waals surface area contributed by atoms with Crippen LogP contribution in [0.15, 0.2) is 9.92 Å². The lowest BCUT2D eigenvalue weighted by Crippen LogP contribution is -2.01. The highest BCUT2D eigenvalue weighted by Crippen LogP contribution is 2.40. The Kier molecular flexibility index (Phi) is 2.13. The molecule has 78 valence electrons. The molecular formula is C7H2ClNO5S. The van der Waals surface area contributed by atoms with E-state index in [0.717, 1.165) is 17.7 Å². The molecule has 1 aromatic carbocycles. The standard InChI is InChI=1S/C7H2ClNO5S/c8-4-3(9(12)13)1-2(7(10)11)5-6(4)15-14-5/h1H,(H,10,11). The van der Waals surface area contributed by atoms with E-state index < -0.39 is 16.6 Å². The normalized spacial score (nSPS) is 10.7. The van der Waals surface area contributed by atoms with Gasteiger partial charge in [-0.2, -0.15) is 0 Å². The Labute approximate surface area is 91.0 Å². The van der Waals surface area contributed by atoms with Crippen LogP contribution in [0.1, 0.15) is 10.4 Å². The Hall–Kier alpha value is -1.60. The largest absolute Gasteiger partial charge is 0.478 e. The minimum absolute atomic E-state index is 0.0862. The summed E-state index contributed by atoms with van der Waals surface area (Å²) in [6.45, 7) is 0. The van der Waals surface area contributed by atoms with Crippen molar-refractivity contribution in [3.8, 4) is 0 Å². The van der Waals surface area contributed by atoms with Gasteiger partial charge in [-0.15, -0.1) is 0 Å². The van der Waals surface area contributed by atoms with Gasteiger partial charge in [-0.3, -0.25) is 10.1 Å². The highest BCUT2D eigenvalue weighted by molar-refractivity contribution is 7.13. The second-order valence-electron chi connectivity index (χ2n) is 2.64. The zero-order valence-electron chi connectivity index (χ0n) is 6.89. The van der Waals surface area contributed by atoms with Crippen LogP contribution in [0.4, 0.5) is 5.69 Å². The van der Waals surface area contributed by atoms with Crippen LogP contribution in [0.5, 0.6) is 0 Å². The molecule has 0 atom stereocenters. The molecule has 0 amide bonds. The van der Waals surface area contributed by atoms with Crippen molar-refractivity contribution in [2.75, 3.05) is 0 Å². The molecule has 0 saturated carbocycles. The summed E-state index contributed by atoms with van der Waals surface area (Å²) >= 11 is 6.51. The Bertz CT molecular complexity index is 571. The highest BCUT2D eigenvalue weighted by Gasteiger charge is 2.26. The number of hydrogen-bond donors (Lipinski definition) is 1. The second-order valence-corrected chi connectivity index (χ2v) is 3.76. The third-order valence-electron chi connectivity index (χ3n) is 1.79. The van der Waals surface area contributed by atoms with Gasteiger partial charge >= 0.3 is 5.97 Å². The van der Waals surface area contributed by atoms with Crippen LogP contribution < -0.4 is 0 Å². The third-order valence-corrected chi connectivity index (χ3v) is 3.09. The van der Waals surface area contributed by atoms with Gasteiger partial charge in [0.25, 0.3) is 5.69 Å². The topological polar surface area (TPSA) is 93.6 Å². The van der Waals surface area contributed by atoms with E-state index in [1.54, 1.807) is 0 Å². The molecule has 0 aliphatic carbocycles. The minimum atomic E-state index is -1.29. The molecule has 1 aromatic heterocycles. The van der Waals surface area contributed by atoms with E-state index in [-0.39, 0.29) is 16.2 Å². The average Bonchev–Trinajstić information content (AvgIpc) is 2.06. The van der Waals surface area contributed by atoms with Crippen molar-refractivity contribution in [2.45, 2.75) is 0 Å². The Balaban J connectivity index is 2.79. The summed E-state index contributed by atoms with van der Waals surface area (Å²) in [6.07, 6.45) is 0. The molecule has 2 rings (SSSR count). The maximum atomic E-state index is 10.7. The first-order valence-corrected chi connectivity index (χ1v) is 4.73. The van der Waals surface area contributed by atoms with Gasteiger partial charge in [-0.05, 0) is 0 Å². The molecule has 0 spiro atoms. The van der Waals surface area contributed by atoms with E-state index in [1.807, 2.05) is 0 Å². The van der Waals surface area contributed by atoms with Gasteiger partial charge in [0.1, 0.15) is 15.3 Å². The number of nitro groups is 1. The van der Waals surface area contributed by atoms with Crippen molar-refractivity contribution in [1.29, 1.82) is 0 Å². The zero-order chi connectivity index (χ0) is 11.2. The first-order valence-electron chi connectivity index (χ1n) is 3.61. The van der Waals surface area contributed by atoms with Gasteiger partial charge in [0, 0.05) is 17.7 Å². The lowest BCUT2D eigenvalue weighted by Gasteiger charge is -2.05. The van der Waals surface area contributed by atoms with E-state index in [9.17, 15) is 14.9 Å². The number of carbonyl (C=O) groups is 1. The predicted molar refractivity (Wildman–Crippen MR) is 52.7 cm³/mol. The van der Waals surface area contributed by atoms with Crippen molar-refractivity contribution < 1.29 is 18.7 Å². The second kappa shape index (κ2) is 3.21. The number of benzene rings is 1. The average molecular weight is 248 g/mol. The molecule has 6 nitrogen and oxygen atoms in total. The van der Waals surface area contributed by atoms with Gasteiger partial charge in [-0.1, -0.05) is 11.6 Å². The summed E-state index contributed by atoms with van der Waals surface area (Å²) in [5.41, 5.74) is -0.591. The molecule has 8 heteroatoms. The van der Waals surface area contributed by atoms with Gasteiger partial charge in [0.05, 0.1) is 4.92 Å². The van der Waals surface area contributed by atoms with Crippen LogP contribution in [0, 0.1) is 10.1 Å². The lowest BCUT2D eigenvalue weighted by atomic mass is 10.2. The molecule has 0 aliphatic rings. The van der Waals surface area contributed by atoms with E-state index >= 15 is 0 Å². The van der Waals surface area contributed by atoms with Crippen LogP contribution in [-0.4, -0.2) is 16.0 Å². The summed E-state index contributed by atoms with van der Waals surface area (Å²) in [4.78, 5) is 20.6. The predicted octanol–water partition coefficient (Wildman–Crippen LogP) is 2.75. The van der Waals surface area contributed by atoms with E-state index in [1.165, 1.54) is 0 Å². The van der Waals surface area contributed by atoms with Crippen molar-refractivity contribution in [1.82, 2.24) is 0 Å². The smallest absolute Gasteiger partial charge is 0.339 e. The molecule has 0 fully saturated rings. The summed E-state index contributed by atoms with van der Waals surface area (Å²) in [7, 11) is 0. The molecular weight excluding hydrogens is 246 g/mol. The van der Waals surface area contributed by atoms with Crippen molar-refractivity contribution in [3.05, 3.63) is 26.8 Å². The van der Waals surface area contributed by atoms with Crippen LogP contribution in [0.25, 0.3) is 10.3 Å². The maximum Gasteiger partial charge on any atom is 0.339 e. The first kappa shape index (κ1) is 9.94. The van der Waals surface area contributed by atoms with Crippen LogP contribution in [-0.2, 0) is 0 Å². The third kappa shape index (κ3) is 1.36. The molecule has 0 unspecified atom stereocenters. The molecule has 15 heavy (non-hydrogen) atoms. The SMILES string of the molecule is O=C(O)c1cc([N+](=O)[O-])c(Cl)c2soc12. The van der Waals surface area contributed by atoms with E-state index in [0.29, 0.717) is 4.70 Å². The highest BCUT2D eigenvalue weighted by atomic mass is 35.5. The number of carboxylic acids is 1. The van der Waals surface area contributed by atoms with Gasteiger partial charge in [0.2, 0.25) is 0 Å². The summed E-state index contributed by atoms with van der Waals surface area (Å²) < 4.78 is 5.11. The molecule has 1 heterocycles. The van der Waals surface area contributed by atoms with Crippen molar-refractivity contribution >= 4 is 45.2 Å². The zero-order valence-corrected chi connectivity index (χ0v) is 8.46. The van der Waals surface area contributed by atoms with Gasteiger partial charge < -0.3 is 8.96 Å². The molecule has 0 radical (unpaired) electrons. The number of carboxylic acid groups (broad SMARTS) is 1. The fourth-order valence-electron chi connectivity index (χ4n) is 1.10. The molecule has 0 aliphatic heterocycles. The number of hydrogen-bond acceptors (Lipinski definition) is 5. The van der Waals surface area contributed by atoms with Crippen molar-refractivity contribution in [3.63, 3.8) is 0 Å². The van der Waals surface area contributed by atoms with E-state index in [4.69, 9.17) is 20.6 Å². The number of halogens is 1. The summed E-state index contributed by atoms with van der Waals surface area (Å²) in [6, 6.07) is 0.892. The molecule has 1 N–H and O–H groups in total. The lowest BCUT2D eigenvalue weighted by molar-refractivity contribution is -0.384. The number of fused-ring (bicyclic) bond motifs is 1. The quantitative estimate of drug-likeness (QED) is 0.650. The van der Waals surface area contributed by atoms with Crippen LogP contribution >= 0.6 is 23.2 Å². The Morgan fingerprint density at radius 3 is 2.73 bits per heavy atom. The summed E-state index contributed by atoms with van der Waals surface area (Å²) in [5, 5.41) is 19.2. The monoisotopic (exact) mass is 247 g/mol. The van der Waals surface area contributed by atoms with E-state index in [2.05, 4.69) is 0 Å². The maximum absolute atomic E-state index is 10.7. The fourth-order valence-corrected chi connectivity index (χ4v) is 2.03. The van der Waals surface area contributed by atoms with Crippen LogP contribution in [0.2, 0.25) is 5.02 Å².